The largest absolute Gasteiger partial charge is 0.478 e. The van der Waals surface area contributed by atoms with E-state index in [4.69, 9.17) is 5.11 Å². The molecule has 36 heavy (non-hydrogen) atoms. The molecular formula is C23H19F3N6O4. The average Bonchev–Trinajstić information content (AvgIpc) is 3.64. The number of pyridine rings is 1. The number of rotatable bonds is 8. The predicted molar refractivity (Wildman–Crippen MR) is 119 cm³/mol. The number of anilines is 2. The molecule has 0 saturated heterocycles. The number of benzene rings is 1. The Hall–Kier alpha value is -4.55. The molecule has 2 heterocycles. The summed E-state index contributed by atoms with van der Waals surface area (Å²) in [6.45, 7) is 0.0340. The number of hydrogen-bond donors (Lipinski definition) is 4. The summed E-state index contributed by atoms with van der Waals surface area (Å²) in [4.78, 5) is 47.7. The van der Waals surface area contributed by atoms with Crippen LogP contribution in [0.25, 0.3) is 0 Å². The van der Waals surface area contributed by atoms with Crippen molar-refractivity contribution >= 4 is 29.2 Å². The highest BCUT2D eigenvalue weighted by Gasteiger charge is 2.51. The Bertz CT molecular complexity index is 1300. The molecule has 0 atom stereocenters. The number of amides is 2. The summed E-state index contributed by atoms with van der Waals surface area (Å²) in [6.07, 6.45) is 1.42. The summed E-state index contributed by atoms with van der Waals surface area (Å²) in [6, 6.07) is 5.64. The fraction of sp³-hybridized carbons (Fsp3) is 0.217. The smallest absolute Gasteiger partial charge is 0.418 e. The number of nitrogens with zero attached hydrogens (tertiary/aromatic N) is 3. The molecule has 0 unspecified atom stereocenters. The molecule has 1 aliphatic rings. The summed E-state index contributed by atoms with van der Waals surface area (Å²) in [5, 5.41) is 17.0. The molecule has 0 spiro atoms. The zero-order valence-corrected chi connectivity index (χ0v) is 18.5. The van der Waals surface area contributed by atoms with Crippen LogP contribution in [-0.2, 0) is 17.5 Å². The van der Waals surface area contributed by atoms with E-state index in [1.54, 1.807) is 0 Å². The minimum absolute atomic E-state index is 0.0340. The molecule has 4 rings (SSSR count). The van der Waals surface area contributed by atoms with Gasteiger partial charge in [-0.3, -0.25) is 14.6 Å². The molecule has 13 heteroatoms. The lowest BCUT2D eigenvalue weighted by molar-refractivity contribution is -0.137. The second-order valence-corrected chi connectivity index (χ2v) is 8.07. The number of aromatic nitrogens is 3. The Labute approximate surface area is 202 Å². The molecule has 1 fully saturated rings. The van der Waals surface area contributed by atoms with Crippen LogP contribution in [0.1, 0.15) is 44.8 Å². The van der Waals surface area contributed by atoms with Crippen LogP contribution in [0.15, 0.2) is 55.2 Å². The number of alkyl halides is 3. The molecular weight excluding hydrogens is 481 g/mol. The normalized spacial score (nSPS) is 14.0. The van der Waals surface area contributed by atoms with Crippen molar-refractivity contribution in [1.29, 1.82) is 0 Å². The summed E-state index contributed by atoms with van der Waals surface area (Å²) >= 11 is 0. The molecule has 0 bridgehead atoms. The van der Waals surface area contributed by atoms with Crippen molar-refractivity contribution in [2.45, 2.75) is 31.1 Å². The van der Waals surface area contributed by atoms with Crippen molar-refractivity contribution in [3.8, 4) is 0 Å². The van der Waals surface area contributed by atoms with E-state index in [-0.39, 0.29) is 29.4 Å². The van der Waals surface area contributed by atoms with Gasteiger partial charge in [-0.1, -0.05) is 0 Å². The van der Waals surface area contributed by atoms with Gasteiger partial charge in [0.1, 0.15) is 11.9 Å². The highest BCUT2D eigenvalue weighted by Crippen LogP contribution is 2.37. The second-order valence-electron chi connectivity index (χ2n) is 8.07. The van der Waals surface area contributed by atoms with Gasteiger partial charge in [0.05, 0.1) is 46.5 Å². The first-order chi connectivity index (χ1) is 17.1. The van der Waals surface area contributed by atoms with Gasteiger partial charge in [0.25, 0.3) is 5.91 Å². The zero-order valence-electron chi connectivity index (χ0n) is 18.5. The van der Waals surface area contributed by atoms with E-state index in [0.717, 1.165) is 12.1 Å². The third-order valence-corrected chi connectivity index (χ3v) is 5.47. The summed E-state index contributed by atoms with van der Waals surface area (Å²) in [5.74, 6) is -2.32. The van der Waals surface area contributed by atoms with Crippen molar-refractivity contribution in [3.05, 3.63) is 77.6 Å². The third kappa shape index (κ3) is 5.56. The monoisotopic (exact) mass is 500 g/mol. The molecule has 3 aromatic rings. The van der Waals surface area contributed by atoms with Gasteiger partial charge in [-0.15, -0.1) is 0 Å². The maximum absolute atomic E-state index is 13.4. The molecule has 0 aliphatic heterocycles. The molecule has 1 aliphatic carbocycles. The van der Waals surface area contributed by atoms with E-state index in [2.05, 4.69) is 30.9 Å². The van der Waals surface area contributed by atoms with Crippen LogP contribution < -0.4 is 16.0 Å². The molecule has 1 saturated carbocycles. The van der Waals surface area contributed by atoms with Crippen molar-refractivity contribution in [3.63, 3.8) is 0 Å². The van der Waals surface area contributed by atoms with Gasteiger partial charge in [-0.25, -0.2) is 14.8 Å². The van der Waals surface area contributed by atoms with Crippen LogP contribution in [0.5, 0.6) is 0 Å². The lowest BCUT2D eigenvalue weighted by Gasteiger charge is -2.17. The van der Waals surface area contributed by atoms with E-state index in [1.165, 1.54) is 37.1 Å². The molecule has 186 valence electrons. The molecule has 2 aromatic heterocycles. The van der Waals surface area contributed by atoms with Gasteiger partial charge in [-0.2, -0.15) is 13.2 Å². The first kappa shape index (κ1) is 24.6. The van der Waals surface area contributed by atoms with Gasteiger partial charge >= 0.3 is 12.1 Å². The average molecular weight is 500 g/mol. The Morgan fingerprint density at radius 3 is 2.31 bits per heavy atom. The zero-order chi connectivity index (χ0) is 25.9. The van der Waals surface area contributed by atoms with Crippen molar-refractivity contribution in [2.24, 2.45) is 0 Å². The number of carboxylic acid groups (broad SMARTS) is 1. The summed E-state index contributed by atoms with van der Waals surface area (Å²) < 4.78 is 40.2. The van der Waals surface area contributed by atoms with Crippen molar-refractivity contribution in [2.75, 3.05) is 5.32 Å². The van der Waals surface area contributed by atoms with Gasteiger partial charge < -0.3 is 21.1 Å². The number of carbonyl (C=O) groups is 3. The standard InChI is InChI=1S/C23H19F3N6O4/c24-23(25,26)17-7-13(20(34)35)1-4-18(17)31-16-3-2-15(29-11-16)10-30-21(36)22(5-6-22)32-19(33)14-8-27-12-28-9-14/h1-4,7-9,11-12,31H,5-6,10H2,(H,30,36)(H,32,33)(H,34,35). The molecule has 0 radical (unpaired) electrons. The maximum atomic E-state index is 13.4. The summed E-state index contributed by atoms with van der Waals surface area (Å²) in [7, 11) is 0. The molecule has 10 nitrogen and oxygen atoms in total. The van der Waals surface area contributed by atoms with Crippen molar-refractivity contribution in [1.82, 2.24) is 25.6 Å². The van der Waals surface area contributed by atoms with E-state index < -0.39 is 34.7 Å². The van der Waals surface area contributed by atoms with Crippen LogP contribution in [0.2, 0.25) is 0 Å². The predicted octanol–water partition coefficient (Wildman–Crippen LogP) is 2.91. The molecule has 2 amide bonds. The Morgan fingerprint density at radius 2 is 1.72 bits per heavy atom. The first-order valence-electron chi connectivity index (χ1n) is 10.6. The quantitative estimate of drug-likeness (QED) is 0.369. The highest BCUT2D eigenvalue weighted by molar-refractivity contribution is 6.00. The van der Waals surface area contributed by atoms with E-state index in [0.29, 0.717) is 24.6 Å². The van der Waals surface area contributed by atoms with Crippen LogP contribution in [-0.4, -0.2) is 43.4 Å². The fourth-order valence-electron chi connectivity index (χ4n) is 3.36. The number of halogens is 3. The van der Waals surface area contributed by atoms with Crippen LogP contribution in [0.4, 0.5) is 24.5 Å². The lowest BCUT2D eigenvalue weighted by atomic mass is 10.1. The van der Waals surface area contributed by atoms with Gasteiger partial charge in [0, 0.05) is 12.4 Å². The number of nitrogens with one attached hydrogen (secondary N) is 3. The lowest BCUT2D eigenvalue weighted by Crippen LogP contribution is -2.48. The number of carboxylic acids is 1. The topological polar surface area (TPSA) is 146 Å². The van der Waals surface area contributed by atoms with Crippen LogP contribution >= 0.6 is 0 Å². The van der Waals surface area contributed by atoms with Gasteiger partial charge in [-0.05, 0) is 43.2 Å². The number of hydrogen-bond acceptors (Lipinski definition) is 7. The second kappa shape index (κ2) is 9.60. The number of carbonyl (C=O) groups excluding carboxylic acids is 2. The highest BCUT2D eigenvalue weighted by atomic mass is 19.4. The minimum atomic E-state index is -4.77. The van der Waals surface area contributed by atoms with Gasteiger partial charge in [0.15, 0.2) is 0 Å². The van der Waals surface area contributed by atoms with E-state index in [9.17, 15) is 27.6 Å². The van der Waals surface area contributed by atoms with Crippen LogP contribution in [0.3, 0.4) is 0 Å². The maximum Gasteiger partial charge on any atom is 0.418 e. The fourth-order valence-corrected chi connectivity index (χ4v) is 3.36. The third-order valence-electron chi connectivity index (χ3n) is 5.47. The van der Waals surface area contributed by atoms with E-state index >= 15 is 0 Å². The molecule has 4 N–H and O–H groups in total. The van der Waals surface area contributed by atoms with Crippen molar-refractivity contribution < 1.29 is 32.7 Å². The summed E-state index contributed by atoms with van der Waals surface area (Å²) in [5.41, 5.74) is -2.07. The first-order valence-corrected chi connectivity index (χ1v) is 10.6. The Balaban J connectivity index is 1.37. The van der Waals surface area contributed by atoms with Crippen LogP contribution in [0, 0.1) is 0 Å². The minimum Gasteiger partial charge on any atom is -0.478 e. The van der Waals surface area contributed by atoms with E-state index in [1.807, 2.05) is 0 Å². The number of aromatic carboxylic acids is 1. The van der Waals surface area contributed by atoms with Gasteiger partial charge in [0.2, 0.25) is 5.91 Å². The molecule has 1 aromatic carbocycles. The SMILES string of the molecule is O=C(O)c1ccc(Nc2ccc(CNC(=O)C3(NC(=O)c4cncnc4)CC3)nc2)c(C(F)(F)F)c1. The Kier molecular flexibility index (Phi) is 6.55. The Morgan fingerprint density at radius 1 is 1.00 bits per heavy atom.